The molecule has 3 saturated heterocycles. The number of ether oxygens (including phenoxy) is 5. The standard InChI is InChI=1S/C50H55N3O12/c1-48(2,3)62-40(56)22-21-38(31-55)52-45(57)35-12-10-11-34(27-35)29-51-47(59)49-28-39-41-42(64-50(63-41,36-13-6-4-7-14-36)37-15-8-5-9-16-37)44(49)65-53(43(49)46(58)61-39)30-33-19-17-32(18-20-33)23-25-60-26-24-54/h4-20,23,25,27,38-39,41-44,54-55H,21-22,24,26,28-31H2,1-3H3,(H,51,59)(H,52,57). The number of hydroxylamine groups is 2. The lowest BCUT2D eigenvalue weighted by Crippen LogP contribution is -2.69. The zero-order valence-electron chi connectivity index (χ0n) is 36.6. The fraction of sp³-hybridized carbons (Fsp3) is 0.400. The molecule has 1 saturated carbocycles. The molecule has 342 valence electrons. The van der Waals surface area contributed by atoms with Crippen molar-refractivity contribution < 1.29 is 57.9 Å². The SMILES string of the molecule is CC(C)(C)OC(=O)CCC(CO)NC(=O)c1cccc(CNC(=O)C23CC4OC(=O)C2N(Cc2ccc(C=COCCO)cc2)OC3C2OC(c3ccccc3)(c3ccccc3)OC42)c1. The number of carbonyl (C=O) groups is 4. The maximum absolute atomic E-state index is 15.1. The number of aliphatic hydroxyl groups excluding tert-OH is 2. The smallest absolute Gasteiger partial charge is 0.327 e. The van der Waals surface area contributed by atoms with Crippen LogP contribution in [-0.4, -0.2) is 101 Å². The maximum Gasteiger partial charge on any atom is 0.327 e. The van der Waals surface area contributed by atoms with E-state index in [1.807, 2.05) is 84.9 Å². The van der Waals surface area contributed by atoms with Gasteiger partial charge < -0.3 is 44.5 Å². The highest BCUT2D eigenvalue weighted by Crippen LogP contribution is 2.59. The van der Waals surface area contributed by atoms with Crippen LogP contribution in [0, 0.1) is 5.41 Å². The molecule has 4 N–H and O–H groups in total. The Hall–Kier alpha value is -5.94. The van der Waals surface area contributed by atoms with E-state index < -0.39 is 77.1 Å². The van der Waals surface area contributed by atoms with Gasteiger partial charge in [-0.3, -0.25) is 24.0 Å². The lowest BCUT2D eigenvalue weighted by atomic mass is 9.62. The molecule has 4 aliphatic rings. The second-order valence-corrected chi connectivity index (χ2v) is 17.7. The van der Waals surface area contributed by atoms with Gasteiger partial charge in [0.1, 0.15) is 42.0 Å². The number of benzene rings is 4. The van der Waals surface area contributed by atoms with Gasteiger partial charge in [-0.1, -0.05) is 97.1 Å². The highest BCUT2D eigenvalue weighted by atomic mass is 16.8. The van der Waals surface area contributed by atoms with Gasteiger partial charge >= 0.3 is 11.9 Å². The van der Waals surface area contributed by atoms with Gasteiger partial charge in [0.05, 0.1) is 32.1 Å². The summed E-state index contributed by atoms with van der Waals surface area (Å²) >= 11 is 0. The van der Waals surface area contributed by atoms with Crippen molar-refractivity contribution in [1.29, 1.82) is 0 Å². The number of nitrogens with zero attached hydrogens (tertiary/aromatic N) is 1. The first-order valence-corrected chi connectivity index (χ1v) is 21.9. The van der Waals surface area contributed by atoms with Crippen molar-refractivity contribution in [3.8, 4) is 0 Å². The highest BCUT2D eigenvalue weighted by Gasteiger charge is 2.76. The van der Waals surface area contributed by atoms with Crippen molar-refractivity contribution in [2.24, 2.45) is 5.41 Å². The third-order valence-corrected chi connectivity index (χ3v) is 12.1. The van der Waals surface area contributed by atoms with Gasteiger partial charge in [-0.05, 0) is 62.1 Å². The Labute approximate surface area is 377 Å². The zero-order valence-corrected chi connectivity index (χ0v) is 36.6. The maximum atomic E-state index is 15.1. The fourth-order valence-electron chi connectivity index (χ4n) is 9.18. The topological polar surface area (TPSA) is 191 Å². The van der Waals surface area contributed by atoms with Gasteiger partial charge in [-0.25, -0.2) is 0 Å². The minimum atomic E-state index is -1.49. The predicted molar refractivity (Wildman–Crippen MR) is 235 cm³/mol. The number of rotatable bonds is 17. The number of aliphatic hydroxyl groups is 2. The van der Waals surface area contributed by atoms with Crippen molar-refractivity contribution in [1.82, 2.24) is 15.7 Å². The number of carbonyl (C=O) groups excluding carboxylic acids is 4. The summed E-state index contributed by atoms with van der Waals surface area (Å²) in [6.45, 7) is 5.14. The van der Waals surface area contributed by atoms with E-state index in [0.29, 0.717) is 5.56 Å². The van der Waals surface area contributed by atoms with Crippen LogP contribution >= 0.6 is 0 Å². The van der Waals surface area contributed by atoms with E-state index >= 15 is 4.79 Å². The van der Waals surface area contributed by atoms with Gasteiger partial charge in [0.15, 0.2) is 6.04 Å². The second-order valence-electron chi connectivity index (χ2n) is 17.7. The number of esters is 2. The van der Waals surface area contributed by atoms with Crippen LogP contribution in [0.25, 0.3) is 6.08 Å². The van der Waals surface area contributed by atoms with Crippen LogP contribution < -0.4 is 10.6 Å². The Morgan fingerprint density at radius 3 is 2.25 bits per heavy atom. The van der Waals surface area contributed by atoms with Crippen molar-refractivity contribution in [3.05, 3.63) is 149 Å². The first-order chi connectivity index (χ1) is 31.3. The van der Waals surface area contributed by atoms with E-state index in [2.05, 4.69) is 10.6 Å². The first kappa shape index (κ1) is 45.6. The summed E-state index contributed by atoms with van der Waals surface area (Å²) in [5.74, 6) is -3.38. The van der Waals surface area contributed by atoms with Gasteiger partial charge in [0.25, 0.3) is 5.91 Å². The van der Waals surface area contributed by atoms with Gasteiger partial charge in [-0.15, -0.1) is 0 Å². The van der Waals surface area contributed by atoms with E-state index in [-0.39, 0.29) is 57.7 Å². The van der Waals surface area contributed by atoms with Gasteiger partial charge in [0.2, 0.25) is 11.7 Å². The monoisotopic (exact) mass is 889 g/mol. The molecule has 8 rings (SSSR count). The molecule has 3 heterocycles. The Morgan fingerprint density at radius 2 is 1.58 bits per heavy atom. The van der Waals surface area contributed by atoms with Crippen LogP contribution in [0.2, 0.25) is 0 Å². The molecule has 0 aromatic heterocycles. The minimum absolute atomic E-state index is 0.00332. The summed E-state index contributed by atoms with van der Waals surface area (Å²) < 4.78 is 30.9. The molecule has 0 spiro atoms. The summed E-state index contributed by atoms with van der Waals surface area (Å²) in [4.78, 5) is 62.0. The minimum Gasteiger partial charge on any atom is -0.499 e. The first-order valence-electron chi connectivity index (χ1n) is 21.9. The van der Waals surface area contributed by atoms with Gasteiger partial charge in [0, 0.05) is 36.1 Å². The average Bonchev–Trinajstić information content (AvgIpc) is 3.89. The second kappa shape index (κ2) is 19.3. The molecule has 3 aliphatic heterocycles. The number of hydrogen-bond acceptors (Lipinski definition) is 13. The molecule has 0 radical (unpaired) electrons. The predicted octanol–water partition coefficient (Wildman–Crippen LogP) is 4.68. The van der Waals surface area contributed by atoms with Crippen LogP contribution in [0.3, 0.4) is 0 Å². The molecule has 7 unspecified atom stereocenters. The van der Waals surface area contributed by atoms with E-state index in [9.17, 15) is 19.5 Å². The Morgan fingerprint density at radius 1 is 0.892 bits per heavy atom. The largest absolute Gasteiger partial charge is 0.499 e. The number of nitrogens with one attached hydrogen (secondary N) is 2. The molecule has 15 heteroatoms. The molecule has 2 amide bonds. The summed E-state index contributed by atoms with van der Waals surface area (Å²) in [5, 5.41) is 26.4. The lowest BCUT2D eigenvalue weighted by Gasteiger charge is -2.48. The van der Waals surface area contributed by atoms with Crippen molar-refractivity contribution in [2.45, 2.75) is 101 Å². The lowest BCUT2D eigenvalue weighted by molar-refractivity contribution is -0.213. The Balaban J connectivity index is 1.06. The van der Waals surface area contributed by atoms with Crippen LogP contribution in [0.4, 0.5) is 0 Å². The Bertz CT molecular complexity index is 2310. The molecule has 15 nitrogen and oxygen atoms in total. The van der Waals surface area contributed by atoms with Crippen molar-refractivity contribution in [3.63, 3.8) is 0 Å². The van der Waals surface area contributed by atoms with Crippen LogP contribution in [-0.2, 0) is 61.8 Å². The number of hydrogen-bond donors (Lipinski definition) is 4. The number of amides is 2. The van der Waals surface area contributed by atoms with Crippen molar-refractivity contribution in [2.75, 3.05) is 19.8 Å². The van der Waals surface area contributed by atoms with Crippen LogP contribution in [0.15, 0.2) is 115 Å². The summed E-state index contributed by atoms with van der Waals surface area (Å²) in [5.41, 5.74) is 1.84. The molecular weight excluding hydrogens is 835 g/mol. The molecule has 2 bridgehead atoms. The molecule has 4 aromatic rings. The van der Waals surface area contributed by atoms with Crippen molar-refractivity contribution >= 4 is 29.8 Å². The molecular formula is C50H55N3O12. The van der Waals surface area contributed by atoms with Crippen LogP contribution in [0.1, 0.15) is 78.2 Å². The highest BCUT2D eigenvalue weighted by molar-refractivity contribution is 5.95. The molecule has 7 atom stereocenters. The number of fused-ring (bicyclic) bond motifs is 4. The fourth-order valence-corrected chi connectivity index (χ4v) is 9.18. The summed E-state index contributed by atoms with van der Waals surface area (Å²) in [6.07, 6.45) is 0.0468. The summed E-state index contributed by atoms with van der Waals surface area (Å²) in [7, 11) is 0. The molecule has 65 heavy (non-hydrogen) atoms. The average molecular weight is 890 g/mol. The van der Waals surface area contributed by atoms with E-state index in [4.69, 9.17) is 33.6 Å². The summed E-state index contributed by atoms with van der Waals surface area (Å²) in [6, 6.07) is 31.4. The Kier molecular flexibility index (Phi) is 13.5. The van der Waals surface area contributed by atoms with E-state index in [1.54, 1.807) is 51.1 Å². The third-order valence-electron chi connectivity index (χ3n) is 12.1. The van der Waals surface area contributed by atoms with Crippen LogP contribution in [0.5, 0.6) is 0 Å². The zero-order chi connectivity index (χ0) is 45.8. The third kappa shape index (κ3) is 9.57. The normalized spacial score (nSPS) is 24.8. The molecule has 1 aliphatic carbocycles. The molecule has 4 fully saturated rings. The van der Waals surface area contributed by atoms with Gasteiger partial charge in [-0.2, -0.15) is 5.06 Å². The van der Waals surface area contributed by atoms with E-state index in [0.717, 1.165) is 22.3 Å². The quantitative estimate of drug-likeness (QED) is 0.0650. The molecule has 4 aromatic carbocycles. The van der Waals surface area contributed by atoms with E-state index in [1.165, 1.54) is 11.3 Å².